The highest BCUT2D eigenvalue weighted by molar-refractivity contribution is 9.10. The Morgan fingerprint density at radius 1 is 1.37 bits per heavy atom. The standard InChI is InChI=1S/C11H8BrN3O2S2/c12-9-5-8(1-2-10(9)14)19(16,17)15-11-7(6-13)3-4-18-11/h1-5,15H,14H2. The van der Waals surface area contributed by atoms with E-state index in [-0.39, 0.29) is 4.90 Å². The fourth-order valence-electron chi connectivity index (χ4n) is 1.33. The maximum atomic E-state index is 12.2. The van der Waals surface area contributed by atoms with Crippen molar-refractivity contribution >= 4 is 48.0 Å². The lowest BCUT2D eigenvalue weighted by atomic mass is 10.3. The van der Waals surface area contributed by atoms with Crippen LogP contribution in [0.5, 0.6) is 0 Å². The van der Waals surface area contributed by atoms with Gasteiger partial charge >= 0.3 is 0 Å². The smallest absolute Gasteiger partial charge is 0.262 e. The topological polar surface area (TPSA) is 96.0 Å². The molecule has 0 radical (unpaired) electrons. The minimum atomic E-state index is -3.73. The summed E-state index contributed by atoms with van der Waals surface area (Å²) in [5.74, 6) is 0. The van der Waals surface area contributed by atoms with Crippen molar-refractivity contribution in [3.05, 3.63) is 39.7 Å². The average Bonchev–Trinajstić information content (AvgIpc) is 2.79. The summed E-state index contributed by atoms with van der Waals surface area (Å²) in [6, 6.07) is 7.80. The highest BCUT2D eigenvalue weighted by Crippen LogP contribution is 2.28. The van der Waals surface area contributed by atoms with E-state index in [1.165, 1.54) is 18.2 Å². The SMILES string of the molecule is N#Cc1ccsc1NS(=O)(=O)c1ccc(N)c(Br)c1. The number of benzene rings is 1. The number of hydrogen-bond acceptors (Lipinski definition) is 5. The van der Waals surface area contributed by atoms with Crippen molar-refractivity contribution in [3.8, 4) is 6.07 Å². The zero-order valence-corrected chi connectivity index (χ0v) is 12.6. The Morgan fingerprint density at radius 2 is 2.11 bits per heavy atom. The molecule has 0 unspecified atom stereocenters. The Balaban J connectivity index is 2.38. The van der Waals surface area contributed by atoms with Gasteiger partial charge in [0.15, 0.2) is 0 Å². The molecule has 0 amide bonds. The lowest BCUT2D eigenvalue weighted by Crippen LogP contribution is -2.12. The van der Waals surface area contributed by atoms with Crippen LogP contribution in [0, 0.1) is 11.3 Å². The Bertz CT molecular complexity index is 762. The van der Waals surface area contributed by atoms with Crippen LogP contribution in [0.25, 0.3) is 0 Å². The fraction of sp³-hybridized carbons (Fsp3) is 0. The minimum Gasteiger partial charge on any atom is -0.398 e. The van der Waals surface area contributed by atoms with Crippen molar-refractivity contribution in [2.45, 2.75) is 4.90 Å². The molecule has 98 valence electrons. The van der Waals surface area contributed by atoms with Gasteiger partial charge < -0.3 is 5.73 Å². The van der Waals surface area contributed by atoms with Gasteiger partial charge in [0, 0.05) is 10.2 Å². The number of nitriles is 1. The number of hydrogen-bond donors (Lipinski definition) is 2. The highest BCUT2D eigenvalue weighted by Gasteiger charge is 2.17. The lowest BCUT2D eigenvalue weighted by Gasteiger charge is -2.07. The number of halogens is 1. The minimum absolute atomic E-state index is 0.0749. The number of nitrogen functional groups attached to an aromatic ring is 1. The number of nitrogens with zero attached hydrogens (tertiary/aromatic N) is 1. The van der Waals surface area contributed by atoms with Gasteiger partial charge in [-0.1, -0.05) is 0 Å². The summed E-state index contributed by atoms with van der Waals surface area (Å²) in [4.78, 5) is 0.0749. The molecule has 0 spiro atoms. The molecule has 2 aromatic rings. The van der Waals surface area contributed by atoms with Crippen LogP contribution in [-0.2, 0) is 10.0 Å². The van der Waals surface area contributed by atoms with Gasteiger partial charge in [-0.25, -0.2) is 8.42 Å². The van der Waals surface area contributed by atoms with Crippen molar-refractivity contribution in [1.82, 2.24) is 0 Å². The van der Waals surface area contributed by atoms with Gasteiger partial charge in [0.25, 0.3) is 10.0 Å². The molecule has 0 aliphatic heterocycles. The fourth-order valence-corrected chi connectivity index (χ4v) is 3.96. The van der Waals surface area contributed by atoms with Crippen LogP contribution in [0.2, 0.25) is 0 Å². The van der Waals surface area contributed by atoms with Gasteiger partial charge in [-0.05, 0) is 45.6 Å². The third-order valence-corrected chi connectivity index (χ3v) is 5.29. The van der Waals surface area contributed by atoms with Crippen LogP contribution >= 0.6 is 27.3 Å². The van der Waals surface area contributed by atoms with Gasteiger partial charge in [-0.3, -0.25) is 4.72 Å². The normalized spacial score (nSPS) is 10.9. The average molecular weight is 358 g/mol. The Morgan fingerprint density at radius 3 is 2.74 bits per heavy atom. The van der Waals surface area contributed by atoms with Gasteiger partial charge in [0.05, 0.1) is 10.5 Å². The number of anilines is 2. The first-order valence-corrected chi connectivity index (χ1v) is 8.15. The third kappa shape index (κ3) is 2.89. The van der Waals surface area contributed by atoms with Crippen molar-refractivity contribution in [2.75, 3.05) is 10.5 Å². The molecule has 0 aliphatic carbocycles. The molecule has 0 bridgehead atoms. The summed E-state index contributed by atoms with van der Waals surface area (Å²) in [5.41, 5.74) is 6.36. The van der Waals surface area contributed by atoms with Crippen LogP contribution in [-0.4, -0.2) is 8.42 Å². The Labute approximate surface area is 122 Å². The monoisotopic (exact) mass is 357 g/mol. The van der Waals surface area contributed by atoms with E-state index in [1.54, 1.807) is 11.4 Å². The second kappa shape index (κ2) is 5.21. The van der Waals surface area contributed by atoms with Crippen LogP contribution in [0.3, 0.4) is 0 Å². The third-order valence-electron chi connectivity index (χ3n) is 2.29. The molecule has 1 heterocycles. The lowest BCUT2D eigenvalue weighted by molar-refractivity contribution is 0.601. The van der Waals surface area contributed by atoms with Crippen molar-refractivity contribution in [1.29, 1.82) is 5.26 Å². The van der Waals surface area contributed by atoms with Crippen molar-refractivity contribution < 1.29 is 8.42 Å². The maximum absolute atomic E-state index is 12.2. The molecule has 0 saturated carbocycles. The summed E-state index contributed by atoms with van der Waals surface area (Å²) in [5, 5.41) is 10.8. The van der Waals surface area contributed by atoms with E-state index < -0.39 is 10.0 Å². The Kier molecular flexibility index (Phi) is 3.80. The van der Waals surface area contributed by atoms with Gasteiger partial charge in [-0.2, -0.15) is 5.26 Å². The van der Waals surface area contributed by atoms with E-state index in [0.29, 0.717) is 20.7 Å². The maximum Gasteiger partial charge on any atom is 0.262 e. The molecule has 19 heavy (non-hydrogen) atoms. The molecule has 5 nitrogen and oxygen atoms in total. The second-order valence-electron chi connectivity index (χ2n) is 3.56. The molecule has 1 aromatic heterocycles. The van der Waals surface area contributed by atoms with E-state index in [1.807, 2.05) is 6.07 Å². The molecule has 2 rings (SSSR count). The highest BCUT2D eigenvalue weighted by atomic mass is 79.9. The molecule has 0 fully saturated rings. The van der Waals surface area contributed by atoms with Crippen molar-refractivity contribution in [2.24, 2.45) is 0 Å². The number of thiophene rings is 1. The van der Waals surface area contributed by atoms with Gasteiger partial charge in [0.1, 0.15) is 11.1 Å². The van der Waals surface area contributed by atoms with Crippen LogP contribution in [0.1, 0.15) is 5.56 Å². The molecule has 0 aliphatic rings. The molecule has 0 atom stereocenters. The molecule has 1 aromatic carbocycles. The molecular formula is C11H8BrN3O2S2. The quantitative estimate of drug-likeness (QED) is 0.825. The zero-order valence-electron chi connectivity index (χ0n) is 9.42. The Hall–Kier alpha value is -1.56. The first kappa shape index (κ1) is 13.9. The zero-order chi connectivity index (χ0) is 14.0. The predicted molar refractivity (Wildman–Crippen MR) is 78.4 cm³/mol. The van der Waals surface area contributed by atoms with Gasteiger partial charge in [0.2, 0.25) is 0 Å². The second-order valence-corrected chi connectivity index (χ2v) is 7.02. The van der Waals surface area contributed by atoms with Crippen LogP contribution < -0.4 is 10.5 Å². The summed E-state index contributed by atoms with van der Waals surface area (Å²) in [6.07, 6.45) is 0. The first-order valence-electron chi connectivity index (χ1n) is 4.99. The number of nitrogens with two attached hydrogens (primary N) is 1. The van der Waals surface area contributed by atoms with Crippen LogP contribution in [0.4, 0.5) is 10.7 Å². The van der Waals surface area contributed by atoms with Gasteiger partial charge in [-0.15, -0.1) is 11.3 Å². The number of nitrogens with one attached hydrogen (secondary N) is 1. The molecule has 0 saturated heterocycles. The van der Waals surface area contributed by atoms with E-state index in [4.69, 9.17) is 11.0 Å². The van der Waals surface area contributed by atoms with E-state index in [9.17, 15) is 8.42 Å². The molecular weight excluding hydrogens is 350 g/mol. The van der Waals surface area contributed by atoms with E-state index in [0.717, 1.165) is 11.3 Å². The summed E-state index contributed by atoms with van der Waals surface area (Å²) in [7, 11) is -3.73. The summed E-state index contributed by atoms with van der Waals surface area (Å²) >= 11 is 4.33. The number of rotatable bonds is 3. The largest absolute Gasteiger partial charge is 0.398 e. The first-order chi connectivity index (χ1) is 8.94. The van der Waals surface area contributed by atoms with E-state index in [2.05, 4.69) is 20.7 Å². The number of sulfonamides is 1. The predicted octanol–water partition coefficient (Wildman–Crippen LogP) is 2.77. The summed E-state index contributed by atoms with van der Waals surface area (Å²) in [6.45, 7) is 0. The molecule has 8 heteroatoms. The molecule has 3 N–H and O–H groups in total. The van der Waals surface area contributed by atoms with Crippen molar-refractivity contribution in [3.63, 3.8) is 0 Å². The van der Waals surface area contributed by atoms with Crippen LogP contribution in [0.15, 0.2) is 39.0 Å². The summed E-state index contributed by atoms with van der Waals surface area (Å²) < 4.78 is 27.2. The van der Waals surface area contributed by atoms with E-state index >= 15 is 0 Å².